The van der Waals surface area contributed by atoms with E-state index in [1.165, 1.54) is 0 Å². The topological polar surface area (TPSA) is 65.2 Å². The largest absolute Gasteiger partial charge is 0.456 e. The molecule has 0 amide bonds. The molecule has 0 N–H and O–H groups in total. The van der Waals surface area contributed by atoms with Gasteiger partial charge in [-0.05, 0) is 51.5 Å². The van der Waals surface area contributed by atoms with Crippen LogP contribution in [0.25, 0.3) is 10.9 Å². The number of benzene rings is 1. The van der Waals surface area contributed by atoms with Crippen molar-refractivity contribution in [1.82, 2.24) is 10.1 Å². The number of ether oxygens (including phenoxy) is 1. The fourth-order valence-electron chi connectivity index (χ4n) is 2.70. The summed E-state index contributed by atoms with van der Waals surface area (Å²) in [5.74, 6) is 0.481. The van der Waals surface area contributed by atoms with E-state index in [4.69, 9.17) is 9.26 Å². The number of pyridine rings is 1. The highest BCUT2D eigenvalue weighted by molar-refractivity contribution is 6.03. The number of aryl methyl sites for hydroxylation is 1. The third-order valence-corrected chi connectivity index (χ3v) is 3.97. The minimum atomic E-state index is -0.546. The maximum absolute atomic E-state index is 12.6. The van der Waals surface area contributed by atoms with E-state index in [0.717, 1.165) is 27.9 Å². The molecular weight excluding hydrogens is 316 g/mol. The van der Waals surface area contributed by atoms with Gasteiger partial charge in [0, 0.05) is 23.6 Å². The number of hydrogen-bond donors (Lipinski definition) is 0. The first kappa shape index (κ1) is 17.1. The van der Waals surface area contributed by atoms with Crippen LogP contribution in [0.2, 0.25) is 0 Å². The zero-order valence-electron chi connectivity index (χ0n) is 15.2. The minimum Gasteiger partial charge on any atom is -0.456 e. The van der Waals surface area contributed by atoms with Crippen molar-refractivity contribution >= 4 is 16.9 Å². The van der Waals surface area contributed by atoms with Gasteiger partial charge in [-0.1, -0.05) is 18.1 Å². The molecule has 0 spiro atoms. The lowest BCUT2D eigenvalue weighted by atomic mass is 9.95. The van der Waals surface area contributed by atoms with Crippen LogP contribution in [-0.4, -0.2) is 21.7 Å². The summed E-state index contributed by atoms with van der Waals surface area (Å²) in [5.41, 5.74) is 2.63. The van der Waals surface area contributed by atoms with E-state index in [2.05, 4.69) is 17.1 Å². The number of carbonyl (C=O) groups is 1. The molecule has 0 bridgehead atoms. The third-order valence-electron chi connectivity index (χ3n) is 3.97. The Morgan fingerprint density at radius 1 is 1.20 bits per heavy atom. The Labute approximate surface area is 147 Å². The number of carbonyl (C=O) groups excluding carboxylic acids is 1. The molecule has 2 heterocycles. The zero-order valence-corrected chi connectivity index (χ0v) is 15.2. The van der Waals surface area contributed by atoms with Crippen molar-refractivity contribution in [1.29, 1.82) is 0 Å². The van der Waals surface area contributed by atoms with Crippen molar-refractivity contribution in [3.63, 3.8) is 0 Å². The van der Waals surface area contributed by atoms with Gasteiger partial charge in [-0.25, -0.2) is 4.79 Å². The first-order valence-corrected chi connectivity index (χ1v) is 8.30. The Morgan fingerprint density at radius 2 is 1.96 bits per heavy atom. The first-order chi connectivity index (χ1) is 11.7. The van der Waals surface area contributed by atoms with Crippen molar-refractivity contribution in [3.05, 3.63) is 59.1 Å². The van der Waals surface area contributed by atoms with Crippen LogP contribution in [0.3, 0.4) is 0 Å². The standard InChI is InChI=1S/C20H22N2O3/c1-12-10-18(22-25-12)13(2)14-6-7-17-16(11-14)15(8-9-21-17)19(23)24-20(3,4)5/h6-11,13H,1-5H3/t13-/m0/s1. The molecule has 5 heteroatoms. The van der Waals surface area contributed by atoms with Crippen LogP contribution < -0.4 is 0 Å². The lowest BCUT2D eigenvalue weighted by molar-refractivity contribution is 0.00717. The molecule has 1 atom stereocenters. The SMILES string of the molecule is Cc1cc([C@@H](C)c2ccc3nccc(C(=O)OC(C)(C)C)c3c2)no1. The van der Waals surface area contributed by atoms with E-state index >= 15 is 0 Å². The Kier molecular flexibility index (Phi) is 4.33. The molecule has 0 aliphatic heterocycles. The number of rotatable bonds is 3. The highest BCUT2D eigenvalue weighted by Crippen LogP contribution is 2.28. The van der Waals surface area contributed by atoms with Gasteiger partial charge in [-0.15, -0.1) is 0 Å². The van der Waals surface area contributed by atoms with Crippen molar-refractivity contribution in [2.75, 3.05) is 0 Å². The summed E-state index contributed by atoms with van der Waals surface area (Å²) >= 11 is 0. The molecule has 130 valence electrons. The summed E-state index contributed by atoms with van der Waals surface area (Å²) < 4.78 is 10.7. The van der Waals surface area contributed by atoms with Gasteiger partial charge in [0.25, 0.3) is 0 Å². The number of aromatic nitrogens is 2. The molecule has 0 saturated heterocycles. The van der Waals surface area contributed by atoms with Gasteiger partial charge in [-0.3, -0.25) is 4.98 Å². The molecule has 0 saturated carbocycles. The molecule has 3 aromatic rings. The van der Waals surface area contributed by atoms with Gasteiger partial charge >= 0.3 is 5.97 Å². The summed E-state index contributed by atoms with van der Waals surface area (Å²) in [6.45, 7) is 9.49. The molecule has 5 nitrogen and oxygen atoms in total. The Morgan fingerprint density at radius 3 is 2.60 bits per heavy atom. The van der Waals surface area contributed by atoms with Crippen LogP contribution in [0.4, 0.5) is 0 Å². The van der Waals surface area contributed by atoms with Gasteiger partial charge in [-0.2, -0.15) is 0 Å². The highest BCUT2D eigenvalue weighted by atomic mass is 16.6. The number of fused-ring (bicyclic) bond motifs is 1. The molecule has 3 rings (SSSR count). The smallest absolute Gasteiger partial charge is 0.339 e. The monoisotopic (exact) mass is 338 g/mol. The van der Waals surface area contributed by atoms with Crippen LogP contribution in [0, 0.1) is 6.92 Å². The summed E-state index contributed by atoms with van der Waals surface area (Å²) in [7, 11) is 0. The average Bonchev–Trinajstić information content (AvgIpc) is 2.98. The number of esters is 1. The van der Waals surface area contributed by atoms with Crippen molar-refractivity contribution in [2.45, 2.75) is 46.1 Å². The predicted octanol–water partition coefficient (Wildman–Crippen LogP) is 4.64. The van der Waals surface area contributed by atoms with E-state index in [1.54, 1.807) is 12.3 Å². The van der Waals surface area contributed by atoms with E-state index < -0.39 is 5.60 Å². The second kappa shape index (κ2) is 6.31. The van der Waals surface area contributed by atoms with E-state index in [0.29, 0.717) is 5.56 Å². The summed E-state index contributed by atoms with van der Waals surface area (Å²) in [6.07, 6.45) is 1.63. The Bertz CT molecular complexity index is 922. The van der Waals surface area contributed by atoms with Gasteiger partial charge in [0.15, 0.2) is 0 Å². The van der Waals surface area contributed by atoms with E-state index in [-0.39, 0.29) is 11.9 Å². The van der Waals surface area contributed by atoms with Gasteiger partial charge in [0.05, 0.1) is 16.8 Å². The first-order valence-electron chi connectivity index (χ1n) is 8.30. The minimum absolute atomic E-state index is 0.0496. The summed E-state index contributed by atoms with van der Waals surface area (Å²) in [6, 6.07) is 9.53. The van der Waals surface area contributed by atoms with E-state index in [1.807, 2.05) is 52.0 Å². The third kappa shape index (κ3) is 3.71. The maximum Gasteiger partial charge on any atom is 0.339 e. The van der Waals surface area contributed by atoms with Crippen LogP contribution in [0.15, 0.2) is 41.1 Å². The average molecular weight is 338 g/mol. The molecule has 25 heavy (non-hydrogen) atoms. The molecule has 2 aromatic heterocycles. The molecule has 0 unspecified atom stereocenters. The fourth-order valence-corrected chi connectivity index (χ4v) is 2.70. The highest BCUT2D eigenvalue weighted by Gasteiger charge is 2.21. The molecule has 0 aliphatic rings. The van der Waals surface area contributed by atoms with Crippen molar-refractivity contribution in [3.8, 4) is 0 Å². The fraction of sp³-hybridized carbons (Fsp3) is 0.350. The summed E-state index contributed by atoms with van der Waals surface area (Å²) in [4.78, 5) is 16.9. The molecule has 0 radical (unpaired) electrons. The van der Waals surface area contributed by atoms with Gasteiger partial charge in [0.1, 0.15) is 11.4 Å². The van der Waals surface area contributed by atoms with Gasteiger partial charge in [0.2, 0.25) is 0 Å². The van der Waals surface area contributed by atoms with Gasteiger partial charge < -0.3 is 9.26 Å². The Balaban J connectivity index is 2.04. The Hall–Kier alpha value is -2.69. The van der Waals surface area contributed by atoms with Crippen molar-refractivity contribution in [2.24, 2.45) is 0 Å². The summed E-state index contributed by atoms with van der Waals surface area (Å²) in [5, 5.41) is 4.87. The molecule has 1 aromatic carbocycles. The molecule has 0 fully saturated rings. The van der Waals surface area contributed by atoms with Crippen LogP contribution in [0.5, 0.6) is 0 Å². The normalized spacial score (nSPS) is 13.0. The van der Waals surface area contributed by atoms with Crippen LogP contribution in [-0.2, 0) is 4.74 Å². The zero-order chi connectivity index (χ0) is 18.2. The van der Waals surface area contributed by atoms with E-state index in [9.17, 15) is 4.79 Å². The predicted molar refractivity (Wildman–Crippen MR) is 95.7 cm³/mol. The van der Waals surface area contributed by atoms with Crippen molar-refractivity contribution < 1.29 is 14.1 Å². The van der Waals surface area contributed by atoms with Crippen LogP contribution >= 0.6 is 0 Å². The molecule has 0 aliphatic carbocycles. The van der Waals surface area contributed by atoms with Crippen LogP contribution in [0.1, 0.15) is 61.0 Å². The maximum atomic E-state index is 12.6. The second-order valence-electron chi connectivity index (χ2n) is 7.22. The second-order valence-corrected chi connectivity index (χ2v) is 7.22. The lowest BCUT2D eigenvalue weighted by Crippen LogP contribution is -2.24. The quantitative estimate of drug-likeness (QED) is 0.651. The lowest BCUT2D eigenvalue weighted by Gasteiger charge is -2.20. The number of hydrogen-bond acceptors (Lipinski definition) is 5. The number of nitrogens with zero attached hydrogens (tertiary/aromatic N) is 2. The molecular formula is C20H22N2O3.